The zero-order valence-corrected chi connectivity index (χ0v) is 18.5. The third-order valence-corrected chi connectivity index (χ3v) is 8.09. The van der Waals surface area contributed by atoms with Gasteiger partial charge < -0.3 is 19.3 Å². The fraction of sp³-hybridized carbons (Fsp3) is 0.524. The molecular formula is C21H26N4O5S. The highest BCUT2D eigenvalue weighted by molar-refractivity contribution is 7.91. The van der Waals surface area contributed by atoms with Gasteiger partial charge in [0, 0.05) is 31.7 Å². The molecule has 1 unspecified atom stereocenters. The number of aryl methyl sites for hydroxylation is 1. The van der Waals surface area contributed by atoms with Crippen LogP contribution in [0.4, 0.5) is 5.69 Å². The Morgan fingerprint density at radius 3 is 2.55 bits per heavy atom. The molecule has 166 valence electrons. The number of sulfone groups is 1. The number of benzene rings is 1. The van der Waals surface area contributed by atoms with Gasteiger partial charge in [0.05, 0.1) is 34.6 Å². The number of carbonyl (C=O) groups excluding carboxylic acids is 1. The number of hydrogen-bond donors (Lipinski definition) is 0. The molecule has 31 heavy (non-hydrogen) atoms. The number of amides is 1. The fourth-order valence-electron chi connectivity index (χ4n) is 4.78. The minimum Gasteiger partial charge on any atom is -0.454 e. The van der Waals surface area contributed by atoms with Crippen molar-refractivity contribution in [1.82, 2.24) is 14.7 Å². The van der Waals surface area contributed by atoms with Crippen molar-refractivity contribution >= 4 is 21.4 Å². The maximum atomic E-state index is 13.0. The molecule has 3 aliphatic rings. The monoisotopic (exact) mass is 446 g/mol. The van der Waals surface area contributed by atoms with Crippen molar-refractivity contribution in [3.05, 3.63) is 35.2 Å². The van der Waals surface area contributed by atoms with Crippen LogP contribution in [0.25, 0.3) is 0 Å². The van der Waals surface area contributed by atoms with E-state index in [4.69, 9.17) is 9.47 Å². The van der Waals surface area contributed by atoms with Gasteiger partial charge in [-0.1, -0.05) is 0 Å². The van der Waals surface area contributed by atoms with Gasteiger partial charge in [0.25, 0.3) is 5.91 Å². The van der Waals surface area contributed by atoms with Crippen LogP contribution in [-0.2, 0) is 9.84 Å². The molecule has 1 amide bonds. The standard InChI is InChI=1S/C21H26N4O5S/c1-14-20(15(2)25(22-14)17-5-10-31(27,28)12-17)23-6-8-24(9-7-23)21(26)16-3-4-18-19(11-16)30-13-29-18/h3-4,11,17H,5-10,12-13H2,1-2H3. The summed E-state index contributed by atoms with van der Waals surface area (Å²) in [6.45, 7) is 6.77. The second-order valence-corrected chi connectivity index (χ2v) is 10.6. The molecule has 1 atom stereocenters. The Hall–Kier alpha value is -2.75. The quantitative estimate of drug-likeness (QED) is 0.706. The summed E-state index contributed by atoms with van der Waals surface area (Å²) in [4.78, 5) is 17.1. The lowest BCUT2D eigenvalue weighted by Gasteiger charge is -2.36. The summed E-state index contributed by atoms with van der Waals surface area (Å²) in [6.07, 6.45) is 0.613. The predicted molar refractivity (Wildman–Crippen MR) is 115 cm³/mol. The van der Waals surface area contributed by atoms with Crippen molar-refractivity contribution < 1.29 is 22.7 Å². The topological polar surface area (TPSA) is 94.0 Å². The molecule has 4 heterocycles. The molecule has 2 fully saturated rings. The zero-order chi connectivity index (χ0) is 21.8. The zero-order valence-electron chi connectivity index (χ0n) is 17.7. The summed E-state index contributed by atoms with van der Waals surface area (Å²) in [7, 11) is -2.97. The van der Waals surface area contributed by atoms with Crippen LogP contribution in [0.3, 0.4) is 0 Å². The number of aromatic nitrogens is 2. The van der Waals surface area contributed by atoms with Crippen LogP contribution < -0.4 is 14.4 Å². The highest BCUT2D eigenvalue weighted by atomic mass is 32.2. The van der Waals surface area contributed by atoms with Crippen LogP contribution in [-0.4, -0.2) is 73.5 Å². The Morgan fingerprint density at radius 2 is 1.84 bits per heavy atom. The van der Waals surface area contributed by atoms with E-state index in [0.717, 1.165) is 17.1 Å². The Kier molecular flexibility index (Phi) is 4.84. The molecule has 5 rings (SSSR count). The molecule has 1 aromatic heterocycles. The van der Waals surface area contributed by atoms with E-state index in [1.807, 2.05) is 23.4 Å². The minimum absolute atomic E-state index is 0.0155. The molecule has 1 aromatic carbocycles. The Morgan fingerprint density at radius 1 is 1.10 bits per heavy atom. The summed E-state index contributed by atoms with van der Waals surface area (Å²) < 4.78 is 36.4. The Labute approximate surface area is 181 Å². The van der Waals surface area contributed by atoms with Gasteiger partial charge in [-0.3, -0.25) is 9.48 Å². The molecule has 10 heteroatoms. The van der Waals surface area contributed by atoms with Crippen molar-refractivity contribution in [3.63, 3.8) is 0 Å². The SMILES string of the molecule is Cc1nn(C2CCS(=O)(=O)C2)c(C)c1N1CCN(C(=O)c2ccc3c(c2)OCO3)CC1. The molecule has 0 radical (unpaired) electrons. The highest BCUT2D eigenvalue weighted by Gasteiger charge is 2.33. The average Bonchev–Trinajstić information content (AvgIpc) is 3.44. The number of piperazine rings is 1. The Bertz CT molecular complexity index is 1130. The van der Waals surface area contributed by atoms with E-state index in [1.54, 1.807) is 18.2 Å². The van der Waals surface area contributed by atoms with Crippen molar-refractivity contribution in [1.29, 1.82) is 0 Å². The summed E-state index contributed by atoms with van der Waals surface area (Å²) in [5.41, 5.74) is 3.55. The third-order valence-electron chi connectivity index (χ3n) is 6.34. The average molecular weight is 447 g/mol. The van der Waals surface area contributed by atoms with Crippen LogP contribution in [0.1, 0.15) is 34.2 Å². The van der Waals surface area contributed by atoms with Gasteiger partial charge in [-0.05, 0) is 38.5 Å². The fourth-order valence-corrected chi connectivity index (χ4v) is 6.47. The molecule has 0 N–H and O–H groups in total. The summed E-state index contributed by atoms with van der Waals surface area (Å²) in [6, 6.07) is 5.20. The molecule has 0 bridgehead atoms. The van der Waals surface area contributed by atoms with Gasteiger partial charge in [-0.25, -0.2) is 8.42 Å². The first-order valence-corrected chi connectivity index (χ1v) is 12.3. The van der Waals surface area contributed by atoms with Crippen LogP contribution >= 0.6 is 0 Å². The van der Waals surface area contributed by atoms with Gasteiger partial charge >= 0.3 is 0 Å². The van der Waals surface area contributed by atoms with E-state index in [-0.39, 0.29) is 30.2 Å². The number of hydrogen-bond acceptors (Lipinski definition) is 7. The van der Waals surface area contributed by atoms with E-state index in [1.165, 1.54) is 0 Å². The largest absolute Gasteiger partial charge is 0.454 e. The number of ether oxygens (including phenoxy) is 2. The van der Waals surface area contributed by atoms with Crippen molar-refractivity contribution in [2.24, 2.45) is 0 Å². The van der Waals surface area contributed by atoms with E-state index in [0.29, 0.717) is 49.7 Å². The first kappa shape index (κ1) is 20.2. The summed E-state index contributed by atoms with van der Waals surface area (Å²) >= 11 is 0. The van der Waals surface area contributed by atoms with Gasteiger partial charge in [0.1, 0.15) is 0 Å². The van der Waals surface area contributed by atoms with Crippen LogP contribution in [0, 0.1) is 13.8 Å². The molecular weight excluding hydrogens is 420 g/mol. The maximum absolute atomic E-state index is 13.0. The first-order valence-electron chi connectivity index (χ1n) is 10.5. The molecule has 0 saturated carbocycles. The van der Waals surface area contributed by atoms with Gasteiger partial charge in [-0.15, -0.1) is 0 Å². The normalized spacial score (nSPS) is 22.2. The highest BCUT2D eigenvalue weighted by Crippen LogP contribution is 2.34. The second kappa shape index (κ2) is 7.44. The smallest absolute Gasteiger partial charge is 0.254 e. The number of rotatable bonds is 3. The molecule has 2 saturated heterocycles. The van der Waals surface area contributed by atoms with Crippen molar-refractivity contribution in [2.45, 2.75) is 26.3 Å². The maximum Gasteiger partial charge on any atom is 0.254 e. The van der Waals surface area contributed by atoms with E-state index in [9.17, 15) is 13.2 Å². The van der Waals surface area contributed by atoms with Crippen LogP contribution in [0.2, 0.25) is 0 Å². The minimum atomic E-state index is -2.97. The lowest BCUT2D eigenvalue weighted by atomic mass is 10.1. The molecule has 2 aromatic rings. The Balaban J connectivity index is 1.28. The van der Waals surface area contributed by atoms with Crippen LogP contribution in [0.5, 0.6) is 11.5 Å². The number of carbonyl (C=O) groups is 1. The molecule has 9 nitrogen and oxygen atoms in total. The number of nitrogens with zero attached hydrogens (tertiary/aromatic N) is 4. The molecule has 0 aliphatic carbocycles. The number of anilines is 1. The van der Waals surface area contributed by atoms with Crippen molar-refractivity contribution in [3.8, 4) is 11.5 Å². The van der Waals surface area contributed by atoms with Gasteiger partial charge in [-0.2, -0.15) is 5.10 Å². The van der Waals surface area contributed by atoms with Crippen LogP contribution in [0.15, 0.2) is 18.2 Å². The molecule has 3 aliphatic heterocycles. The summed E-state index contributed by atoms with van der Waals surface area (Å²) in [5, 5.41) is 4.67. The third kappa shape index (κ3) is 3.62. The lowest BCUT2D eigenvalue weighted by Crippen LogP contribution is -2.49. The lowest BCUT2D eigenvalue weighted by molar-refractivity contribution is 0.0746. The number of fused-ring (bicyclic) bond motifs is 1. The first-order chi connectivity index (χ1) is 14.8. The van der Waals surface area contributed by atoms with E-state index < -0.39 is 9.84 Å². The van der Waals surface area contributed by atoms with Gasteiger partial charge in [0.15, 0.2) is 21.3 Å². The predicted octanol–water partition coefficient (Wildman–Crippen LogP) is 1.55. The van der Waals surface area contributed by atoms with Gasteiger partial charge in [0.2, 0.25) is 6.79 Å². The van der Waals surface area contributed by atoms with E-state index >= 15 is 0 Å². The van der Waals surface area contributed by atoms with E-state index in [2.05, 4.69) is 10.00 Å². The summed E-state index contributed by atoms with van der Waals surface area (Å²) in [5.74, 6) is 1.65. The van der Waals surface area contributed by atoms with Crippen molar-refractivity contribution in [2.75, 3.05) is 49.4 Å². The molecule has 0 spiro atoms. The second-order valence-electron chi connectivity index (χ2n) is 8.37.